The molecule has 5 aromatic heterocycles. The molecule has 0 spiro atoms. The molecule has 0 amide bonds. The molecule has 0 aliphatic heterocycles. The van der Waals surface area contributed by atoms with Crippen LogP contribution in [0.3, 0.4) is 0 Å². The number of hydrogen-bond acceptors (Lipinski definition) is 19. The van der Waals surface area contributed by atoms with Gasteiger partial charge in [-0.3, -0.25) is 0 Å². The SMILES string of the molecule is Fc1cc(Br)c2nsnc2c1Br.Fc1cc(Br)c2nsnc2c1Cl.Fc1cc(Br)c2nsnc2c1I.Fc1cc(Cl)c2nsnc2c1Cl.OB(O)c1cc(F)c(B(O)O)c2nsnc12. The molecule has 0 saturated heterocycles. The molecule has 330 valence electrons. The third kappa shape index (κ3) is 11.4. The molecular weight excluding hydrogens is 1390 g/mol. The van der Waals surface area contributed by atoms with E-state index in [4.69, 9.17) is 54.9 Å². The molecule has 0 atom stereocenters. The molecule has 14 nitrogen and oxygen atoms in total. The van der Waals surface area contributed by atoms with Crippen molar-refractivity contribution in [2.45, 2.75) is 0 Å². The zero-order valence-electron chi connectivity index (χ0n) is 29.8. The highest BCUT2D eigenvalue weighted by Gasteiger charge is 2.28. The van der Waals surface area contributed by atoms with Crippen LogP contribution >= 0.6 is 180 Å². The minimum Gasteiger partial charge on any atom is -0.423 e. The van der Waals surface area contributed by atoms with Crippen molar-refractivity contribution in [2.75, 3.05) is 0 Å². The van der Waals surface area contributed by atoms with Gasteiger partial charge in [0.25, 0.3) is 0 Å². The van der Waals surface area contributed by atoms with E-state index in [0.29, 0.717) is 71.8 Å². The molecule has 0 aliphatic carbocycles. The summed E-state index contributed by atoms with van der Waals surface area (Å²) in [6.45, 7) is 0. The minimum absolute atomic E-state index is 0.0249. The Bertz CT molecular complexity index is 3000. The van der Waals surface area contributed by atoms with Crippen LogP contribution in [0.5, 0.6) is 0 Å². The largest absolute Gasteiger partial charge is 0.493 e. The molecule has 0 fully saturated rings. The van der Waals surface area contributed by atoms with Crippen LogP contribution in [0.2, 0.25) is 15.1 Å². The van der Waals surface area contributed by atoms with E-state index in [1.54, 1.807) is 0 Å². The summed E-state index contributed by atoms with van der Waals surface area (Å²) in [6, 6.07) is 5.99. The van der Waals surface area contributed by atoms with E-state index in [9.17, 15) is 22.0 Å². The van der Waals surface area contributed by atoms with Gasteiger partial charge in [0.2, 0.25) is 0 Å². The molecule has 0 radical (unpaired) electrons. The van der Waals surface area contributed by atoms with Gasteiger partial charge < -0.3 is 20.1 Å². The van der Waals surface area contributed by atoms with Crippen LogP contribution in [-0.4, -0.2) is 78.1 Å². The second-order valence-corrected chi connectivity index (χ2v) is 19.8. The highest BCUT2D eigenvalue weighted by Crippen LogP contribution is 2.33. The Labute approximate surface area is 436 Å². The van der Waals surface area contributed by atoms with Gasteiger partial charge in [-0.05, 0) is 117 Å². The van der Waals surface area contributed by atoms with Gasteiger partial charge >= 0.3 is 14.2 Å². The number of hydrogen-bond donors (Lipinski definition) is 4. The van der Waals surface area contributed by atoms with Crippen molar-refractivity contribution in [1.82, 2.24) is 43.7 Å². The van der Waals surface area contributed by atoms with E-state index in [0.717, 1.165) is 64.6 Å². The number of halogens is 13. The van der Waals surface area contributed by atoms with Crippen molar-refractivity contribution in [3.63, 3.8) is 0 Å². The number of rotatable bonds is 2. The van der Waals surface area contributed by atoms with Gasteiger partial charge in [0.1, 0.15) is 94.3 Å². The van der Waals surface area contributed by atoms with Gasteiger partial charge in [-0.15, -0.1) is 0 Å². The van der Waals surface area contributed by atoms with Crippen LogP contribution in [0, 0.1) is 32.7 Å². The third-order valence-corrected chi connectivity index (χ3v) is 14.9. The zero-order chi connectivity index (χ0) is 46.7. The number of nitrogens with zero attached hydrogens (tertiary/aromatic N) is 10. The summed E-state index contributed by atoms with van der Waals surface area (Å²) in [6.07, 6.45) is 0. The normalized spacial score (nSPS) is 10.9. The fourth-order valence-corrected chi connectivity index (χ4v) is 11.4. The topological polar surface area (TPSA) is 210 Å². The van der Waals surface area contributed by atoms with Crippen molar-refractivity contribution >= 4 is 260 Å². The standard InChI is InChI=1S/C6H5B2FN2O4S.C6HBr2FN2S.C6HBrClFN2S.C6HBrFIN2S.C6HCl2FN2S/c9-3-1-2(7(12)13)5-6(11-16-10-5)4(3)8(14)15;2*7-2-1-3(9)4(8)6-5(2)10-12-11-6;7-2-1-3(8)4(9)6-5(2)10-12-11-6;7-2-1-3(9)4(8)6-5(2)10-12-11-6/h1,12-15H;4*1H. The van der Waals surface area contributed by atoms with Crippen LogP contribution in [0.15, 0.2) is 48.2 Å². The molecule has 10 rings (SSSR count). The number of aromatic nitrogens is 10. The maximum absolute atomic E-state index is 13.5. The first-order valence-electron chi connectivity index (χ1n) is 16.0. The van der Waals surface area contributed by atoms with Crippen molar-refractivity contribution in [3.05, 3.63) is 95.9 Å². The zero-order valence-corrected chi connectivity index (χ0v) is 44.6. The van der Waals surface area contributed by atoms with Gasteiger partial charge in [-0.1, -0.05) is 34.8 Å². The first-order chi connectivity index (χ1) is 30.3. The van der Waals surface area contributed by atoms with Crippen LogP contribution in [-0.2, 0) is 0 Å². The van der Waals surface area contributed by atoms with E-state index in [1.807, 2.05) is 22.6 Å². The molecular formula is C30H9B2Br4Cl3F5IN10O4S5. The average Bonchev–Trinajstić information content (AvgIpc) is 4.10. The van der Waals surface area contributed by atoms with Gasteiger partial charge in [-0.25, -0.2) is 22.0 Å². The Kier molecular flexibility index (Phi) is 18.3. The highest BCUT2D eigenvalue weighted by atomic mass is 127. The molecule has 0 unspecified atom stereocenters. The minimum atomic E-state index is -2.03. The average molecular weight is 1400 g/mol. The second-order valence-electron chi connectivity index (χ2n) is 11.5. The van der Waals surface area contributed by atoms with Crippen LogP contribution < -0.4 is 10.9 Å². The van der Waals surface area contributed by atoms with Crippen LogP contribution in [0.4, 0.5) is 22.0 Å². The molecule has 0 saturated carbocycles. The lowest BCUT2D eigenvalue weighted by molar-refractivity contribution is 0.421. The maximum atomic E-state index is 13.5. The molecule has 0 bridgehead atoms. The van der Waals surface area contributed by atoms with E-state index in [1.165, 1.54) is 18.2 Å². The number of fused-ring (bicyclic) bond motifs is 5. The molecule has 34 heteroatoms. The third-order valence-electron chi connectivity index (χ3n) is 7.64. The molecule has 10 aromatic rings. The van der Waals surface area contributed by atoms with E-state index >= 15 is 0 Å². The molecule has 64 heavy (non-hydrogen) atoms. The van der Waals surface area contributed by atoms with Crippen LogP contribution in [0.1, 0.15) is 0 Å². The van der Waals surface area contributed by atoms with Crippen molar-refractivity contribution in [1.29, 1.82) is 0 Å². The van der Waals surface area contributed by atoms with Crippen LogP contribution in [0.25, 0.3) is 55.2 Å². The van der Waals surface area contributed by atoms with E-state index in [-0.39, 0.29) is 43.2 Å². The van der Waals surface area contributed by atoms with Gasteiger partial charge in [0.15, 0.2) is 0 Å². The summed E-state index contributed by atoms with van der Waals surface area (Å²) in [5.41, 5.74) is 3.78. The lowest BCUT2D eigenvalue weighted by atomic mass is 9.73. The maximum Gasteiger partial charge on any atom is 0.493 e. The Balaban J connectivity index is 0.000000133. The van der Waals surface area contributed by atoms with Gasteiger partial charge in [-0.2, -0.15) is 43.7 Å². The summed E-state index contributed by atoms with van der Waals surface area (Å²) in [5.74, 6) is -2.62. The fourth-order valence-electron chi connectivity index (χ4n) is 4.77. The van der Waals surface area contributed by atoms with Crippen molar-refractivity contribution in [3.8, 4) is 0 Å². The van der Waals surface area contributed by atoms with Crippen molar-refractivity contribution in [2.24, 2.45) is 0 Å². The second kappa shape index (κ2) is 22.6. The summed E-state index contributed by atoms with van der Waals surface area (Å²) in [4.78, 5) is 0. The van der Waals surface area contributed by atoms with Gasteiger partial charge in [0, 0.05) is 24.3 Å². The van der Waals surface area contributed by atoms with E-state index in [2.05, 4.69) is 107 Å². The lowest BCUT2D eigenvalue weighted by Gasteiger charge is -2.06. The predicted octanol–water partition coefficient (Wildman–Crippen LogP) is 10.1. The van der Waals surface area contributed by atoms with Crippen molar-refractivity contribution < 1.29 is 42.0 Å². The summed E-state index contributed by atoms with van der Waals surface area (Å²) < 4.78 is 107. The van der Waals surface area contributed by atoms with E-state index < -0.39 is 37.2 Å². The molecule has 0 aliphatic rings. The quantitative estimate of drug-likeness (QED) is 0.0550. The Hall–Kier alpha value is -1.66. The Morgan fingerprint density at radius 3 is 1.38 bits per heavy atom. The summed E-state index contributed by atoms with van der Waals surface area (Å²) in [5, 5.41) is 36.2. The molecule has 5 heterocycles. The first kappa shape index (κ1) is 51.7. The summed E-state index contributed by atoms with van der Waals surface area (Å²) >= 11 is 36.4. The molecule has 4 N–H and O–H groups in total. The monoisotopic (exact) mass is 1400 g/mol. The Morgan fingerprint density at radius 1 is 0.438 bits per heavy atom. The smallest absolute Gasteiger partial charge is 0.423 e. The predicted molar refractivity (Wildman–Crippen MR) is 265 cm³/mol. The highest BCUT2D eigenvalue weighted by molar-refractivity contribution is 14.1. The van der Waals surface area contributed by atoms with Gasteiger partial charge in [0.05, 0.1) is 71.7 Å². The summed E-state index contributed by atoms with van der Waals surface area (Å²) in [7, 11) is -3.93. The first-order valence-corrected chi connectivity index (χ1v) is 25.1. The Morgan fingerprint density at radius 2 is 0.828 bits per heavy atom. The lowest BCUT2D eigenvalue weighted by Crippen LogP contribution is -2.39. The fraction of sp³-hybridized carbons (Fsp3) is 0. The molecule has 5 aromatic carbocycles. The number of benzene rings is 5.